The van der Waals surface area contributed by atoms with Crippen LogP contribution in [0.15, 0.2) is 0 Å². The van der Waals surface area contributed by atoms with E-state index in [-0.39, 0.29) is 6.42 Å². The van der Waals surface area contributed by atoms with E-state index in [2.05, 4.69) is 12.2 Å². The number of halogens is 6. The van der Waals surface area contributed by atoms with Crippen LogP contribution in [-0.2, 0) is 4.57 Å². The van der Waals surface area contributed by atoms with Gasteiger partial charge < -0.3 is 20.0 Å². The molecule has 0 saturated carbocycles. The van der Waals surface area contributed by atoms with Crippen molar-refractivity contribution < 1.29 is 45.6 Å². The first-order valence-corrected chi connectivity index (χ1v) is 13.1. The molecule has 5 nitrogen and oxygen atoms in total. The molecule has 0 saturated heterocycles. The molecule has 0 heterocycles. The van der Waals surface area contributed by atoms with Gasteiger partial charge in [0.25, 0.3) is 0 Å². The lowest BCUT2D eigenvalue weighted by Gasteiger charge is -2.38. The van der Waals surface area contributed by atoms with Gasteiger partial charge in [0.05, 0.1) is 12.8 Å². The van der Waals surface area contributed by atoms with Gasteiger partial charge in [0.2, 0.25) is 0 Å². The fourth-order valence-corrected chi connectivity index (χ4v) is 3.92. The largest absolute Gasteiger partial charge is 0.466 e. The molecule has 12 heteroatoms. The fourth-order valence-electron chi connectivity index (χ4n) is 3.92. The number of phosphoric acid groups is 1. The Morgan fingerprint density at radius 3 is 1.27 bits per heavy atom. The molecule has 0 radical (unpaired) electrons. The lowest BCUT2D eigenvalue weighted by Crippen LogP contribution is -2.53. The van der Waals surface area contributed by atoms with Gasteiger partial charge in [0.15, 0.2) is 0 Å². The lowest BCUT2D eigenvalue weighted by molar-refractivity contribution is -0.184. The minimum absolute atomic E-state index is 0.110. The molecule has 0 spiro atoms. The third-order valence-electron chi connectivity index (χ3n) is 4.93. The Kier molecular flexibility index (Phi) is 18.1. The van der Waals surface area contributed by atoms with Crippen LogP contribution < -0.4 is 5.32 Å². The van der Waals surface area contributed by atoms with Crippen LogP contribution in [0.5, 0.6) is 0 Å². The standard InChI is InChI=1S/C21H39F6N.H3O4P/c1-4-5-6-7-8-9-10-11-12-13-14-15-19(28-18(2)3,16-20(22,23)24)17-21(25,26)27;1-5(2,3)4/h18,28H,4-17H2,1-3H3;(H3,1,2,3,4). The first kappa shape index (κ1) is 34.8. The molecular weight excluding hydrogens is 475 g/mol. The van der Waals surface area contributed by atoms with Gasteiger partial charge in [-0.25, -0.2) is 4.57 Å². The van der Waals surface area contributed by atoms with Crippen molar-refractivity contribution in [1.29, 1.82) is 0 Å². The zero-order chi connectivity index (χ0) is 26.2. The van der Waals surface area contributed by atoms with Crippen molar-refractivity contribution in [1.82, 2.24) is 5.32 Å². The summed E-state index contributed by atoms with van der Waals surface area (Å²) in [6.07, 6.45) is -0.918. The molecule has 0 aromatic carbocycles. The van der Waals surface area contributed by atoms with Gasteiger partial charge in [0, 0.05) is 11.6 Å². The second kappa shape index (κ2) is 17.1. The highest BCUT2D eigenvalue weighted by Crippen LogP contribution is 2.39. The van der Waals surface area contributed by atoms with Crippen LogP contribution >= 0.6 is 7.82 Å². The predicted octanol–water partition coefficient (Wildman–Crippen LogP) is 7.40. The van der Waals surface area contributed by atoms with Gasteiger partial charge in [-0.15, -0.1) is 0 Å². The summed E-state index contributed by atoms with van der Waals surface area (Å²) in [5.74, 6) is 0. The van der Waals surface area contributed by atoms with Gasteiger partial charge in [-0.05, 0) is 6.42 Å². The van der Waals surface area contributed by atoms with Gasteiger partial charge >= 0.3 is 20.2 Å². The normalized spacial score (nSPS) is 13.2. The smallest absolute Gasteiger partial charge is 0.308 e. The van der Waals surface area contributed by atoms with Crippen molar-refractivity contribution in [2.75, 3.05) is 0 Å². The van der Waals surface area contributed by atoms with Crippen molar-refractivity contribution in [3.05, 3.63) is 0 Å². The summed E-state index contributed by atoms with van der Waals surface area (Å²) < 4.78 is 86.9. The topological polar surface area (TPSA) is 89.8 Å². The summed E-state index contributed by atoms with van der Waals surface area (Å²) in [7, 11) is -4.64. The minimum atomic E-state index is -4.64. The molecular formula is C21H42F6NO4P. The van der Waals surface area contributed by atoms with E-state index < -0.39 is 44.6 Å². The number of rotatable bonds is 16. The van der Waals surface area contributed by atoms with Crippen molar-refractivity contribution >= 4 is 7.82 Å². The molecule has 4 N–H and O–H groups in total. The van der Waals surface area contributed by atoms with Gasteiger partial charge in [-0.1, -0.05) is 91.4 Å². The summed E-state index contributed by atoms with van der Waals surface area (Å²) in [6.45, 7) is 5.35. The maximum Gasteiger partial charge on any atom is 0.466 e. The molecule has 202 valence electrons. The summed E-state index contributed by atoms with van der Waals surface area (Å²) >= 11 is 0. The molecule has 0 bridgehead atoms. The number of hydrogen-bond donors (Lipinski definition) is 4. The molecule has 0 rings (SSSR count). The monoisotopic (exact) mass is 517 g/mol. The number of unbranched alkanes of at least 4 members (excludes halogenated alkanes) is 10. The van der Waals surface area contributed by atoms with Crippen LogP contribution in [0.3, 0.4) is 0 Å². The quantitative estimate of drug-likeness (QED) is 0.0973. The summed E-state index contributed by atoms with van der Waals surface area (Å²) in [4.78, 5) is 21.6. The zero-order valence-electron chi connectivity index (χ0n) is 19.9. The Balaban J connectivity index is 0. The Morgan fingerprint density at radius 1 is 0.697 bits per heavy atom. The van der Waals surface area contributed by atoms with Crippen LogP contribution in [0.2, 0.25) is 0 Å². The molecule has 0 amide bonds. The lowest BCUT2D eigenvalue weighted by atomic mass is 9.84. The van der Waals surface area contributed by atoms with E-state index in [9.17, 15) is 26.3 Å². The van der Waals surface area contributed by atoms with Gasteiger partial charge in [-0.3, -0.25) is 0 Å². The second-order valence-corrected chi connectivity index (χ2v) is 9.99. The van der Waals surface area contributed by atoms with E-state index in [1.54, 1.807) is 13.8 Å². The molecule has 0 atom stereocenters. The van der Waals surface area contributed by atoms with Crippen LogP contribution in [0.4, 0.5) is 26.3 Å². The molecule has 0 aliphatic heterocycles. The minimum Gasteiger partial charge on any atom is -0.308 e. The fraction of sp³-hybridized carbons (Fsp3) is 1.00. The number of hydrogen-bond acceptors (Lipinski definition) is 2. The van der Waals surface area contributed by atoms with Crippen molar-refractivity contribution in [2.45, 2.75) is 135 Å². The Hall–Kier alpha value is -0.350. The molecule has 0 aliphatic carbocycles. The molecule has 0 aliphatic rings. The Labute approximate surface area is 194 Å². The van der Waals surface area contributed by atoms with E-state index in [0.29, 0.717) is 12.8 Å². The van der Waals surface area contributed by atoms with Crippen LogP contribution in [0, 0.1) is 0 Å². The van der Waals surface area contributed by atoms with E-state index in [1.807, 2.05) is 0 Å². The molecule has 0 aromatic rings. The van der Waals surface area contributed by atoms with Gasteiger partial charge in [-0.2, -0.15) is 26.3 Å². The zero-order valence-corrected chi connectivity index (χ0v) is 20.8. The van der Waals surface area contributed by atoms with Crippen LogP contribution in [-0.4, -0.2) is 38.6 Å². The van der Waals surface area contributed by atoms with E-state index in [0.717, 1.165) is 25.7 Å². The van der Waals surface area contributed by atoms with Crippen molar-refractivity contribution in [3.8, 4) is 0 Å². The van der Waals surface area contributed by atoms with E-state index in [4.69, 9.17) is 19.2 Å². The first-order chi connectivity index (χ1) is 14.9. The summed E-state index contributed by atoms with van der Waals surface area (Å²) in [5.41, 5.74) is -1.97. The van der Waals surface area contributed by atoms with Crippen molar-refractivity contribution in [3.63, 3.8) is 0 Å². The Morgan fingerprint density at radius 2 is 1.00 bits per heavy atom. The highest BCUT2D eigenvalue weighted by atomic mass is 31.2. The SMILES string of the molecule is CCCCCCCCCCCCCC(CC(F)(F)F)(CC(F)(F)F)NC(C)C.O=P(O)(O)O. The van der Waals surface area contributed by atoms with Crippen LogP contribution in [0.1, 0.15) is 111 Å². The van der Waals surface area contributed by atoms with E-state index >= 15 is 0 Å². The maximum absolute atomic E-state index is 13.0. The highest BCUT2D eigenvalue weighted by Gasteiger charge is 2.48. The summed E-state index contributed by atoms with van der Waals surface area (Å²) in [6, 6.07) is -0.447. The predicted molar refractivity (Wildman–Crippen MR) is 118 cm³/mol. The maximum atomic E-state index is 13.0. The molecule has 0 aromatic heterocycles. The van der Waals surface area contributed by atoms with E-state index in [1.165, 1.54) is 32.1 Å². The third kappa shape index (κ3) is 29.6. The Bertz CT molecular complexity index is 500. The molecule has 33 heavy (non-hydrogen) atoms. The average molecular weight is 518 g/mol. The molecule has 0 fully saturated rings. The third-order valence-corrected chi connectivity index (χ3v) is 4.93. The highest BCUT2D eigenvalue weighted by molar-refractivity contribution is 7.45. The second-order valence-electron chi connectivity index (χ2n) is 8.96. The summed E-state index contributed by atoms with van der Waals surface area (Å²) in [5, 5.41) is 2.60. The van der Waals surface area contributed by atoms with Crippen LogP contribution in [0.25, 0.3) is 0 Å². The van der Waals surface area contributed by atoms with Gasteiger partial charge in [0.1, 0.15) is 0 Å². The number of nitrogens with one attached hydrogen (secondary N) is 1. The number of alkyl halides is 6. The van der Waals surface area contributed by atoms with Crippen molar-refractivity contribution in [2.24, 2.45) is 0 Å². The first-order valence-electron chi connectivity index (χ1n) is 11.6. The molecule has 0 unspecified atom stereocenters. The average Bonchev–Trinajstić information content (AvgIpc) is 2.54.